The Labute approximate surface area is 251 Å². The minimum atomic E-state index is -0.789. The first-order chi connectivity index (χ1) is 20.2. The highest BCUT2D eigenvalue weighted by molar-refractivity contribution is 5.69. The van der Waals surface area contributed by atoms with Crippen molar-refractivity contribution < 1.29 is 19.4 Å². The number of rotatable bonds is 12. The third-order valence-corrected chi connectivity index (χ3v) is 9.24. The van der Waals surface area contributed by atoms with Crippen LogP contribution in [-0.2, 0) is 17.8 Å². The zero-order valence-corrected chi connectivity index (χ0v) is 26.0. The molecule has 6 heteroatoms. The van der Waals surface area contributed by atoms with Crippen LogP contribution in [-0.4, -0.2) is 47.1 Å². The van der Waals surface area contributed by atoms with E-state index < -0.39 is 5.41 Å². The number of benzene rings is 2. The number of hydrogen-bond acceptors (Lipinski definition) is 6. The van der Waals surface area contributed by atoms with E-state index in [9.17, 15) is 9.90 Å². The average Bonchev–Trinajstić information content (AvgIpc) is 3.84. The molecule has 0 spiro atoms. The molecule has 1 aromatic heterocycles. The highest BCUT2D eigenvalue weighted by Crippen LogP contribution is 2.52. The third kappa shape index (κ3) is 6.25. The number of aryl methyl sites for hydroxylation is 1. The van der Waals surface area contributed by atoms with E-state index in [4.69, 9.17) is 9.47 Å². The summed E-state index contributed by atoms with van der Waals surface area (Å²) in [7, 11) is 1.65. The largest absolute Gasteiger partial charge is 0.485 e. The third-order valence-electron chi connectivity index (χ3n) is 9.24. The Balaban J connectivity index is 1.49. The Morgan fingerprint density at radius 1 is 1.07 bits per heavy atom. The van der Waals surface area contributed by atoms with Gasteiger partial charge in [0.2, 0.25) is 5.88 Å². The number of carbonyl (C=O) groups excluding carboxylic acids is 1. The number of aromatic nitrogens is 1. The van der Waals surface area contributed by atoms with Crippen LogP contribution in [0.1, 0.15) is 88.2 Å². The van der Waals surface area contributed by atoms with Crippen LogP contribution in [0.5, 0.6) is 11.6 Å². The monoisotopic (exact) mass is 570 g/mol. The molecule has 0 amide bonds. The molecule has 224 valence electrons. The average molecular weight is 571 g/mol. The highest BCUT2D eigenvalue weighted by Gasteiger charge is 2.45. The summed E-state index contributed by atoms with van der Waals surface area (Å²) >= 11 is 0. The van der Waals surface area contributed by atoms with Crippen molar-refractivity contribution in [3.8, 4) is 22.8 Å². The Morgan fingerprint density at radius 2 is 1.83 bits per heavy atom. The summed E-state index contributed by atoms with van der Waals surface area (Å²) in [4.78, 5) is 18.9. The molecule has 0 bridgehead atoms. The first-order valence-corrected chi connectivity index (χ1v) is 15.4. The molecule has 1 saturated carbocycles. The van der Waals surface area contributed by atoms with Gasteiger partial charge >= 0.3 is 0 Å². The van der Waals surface area contributed by atoms with Crippen molar-refractivity contribution in [1.29, 1.82) is 0 Å². The second-order valence-electron chi connectivity index (χ2n) is 13.0. The van der Waals surface area contributed by atoms with Crippen molar-refractivity contribution >= 4 is 6.29 Å². The van der Waals surface area contributed by atoms with E-state index >= 15 is 0 Å². The van der Waals surface area contributed by atoms with Gasteiger partial charge in [-0.25, -0.2) is 4.98 Å². The van der Waals surface area contributed by atoms with Crippen LogP contribution in [0.4, 0.5) is 0 Å². The quantitative estimate of drug-likeness (QED) is 0.234. The topological polar surface area (TPSA) is 71.9 Å². The van der Waals surface area contributed by atoms with E-state index in [1.807, 2.05) is 19.1 Å². The maximum Gasteiger partial charge on any atom is 0.213 e. The summed E-state index contributed by atoms with van der Waals surface area (Å²) in [5.74, 6) is 1.93. The number of fused-ring (bicyclic) bond motifs is 1. The van der Waals surface area contributed by atoms with Gasteiger partial charge in [0.1, 0.15) is 18.1 Å². The second kappa shape index (κ2) is 12.6. The van der Waals surface area contributed by atoms with Crippen molar-refractivity contribution in [3.05, 3.63) is 77.0 Å². The predicted octanol–water partition coefficient (Wildman–Crippen LogP) is 7.13. The fourth-order valence-corrected chi connectivity index (χ4v) is 6.72. The minimum absolute atomic E-state index is 0.00411. The standard InChI is InChI=1S/C36H46N2O4/c1-23(2)38(24(3)4)20-30-17-28(11-13-31(30)27-15-16-37-34(19-27)41-6)32-14-12-25-7-10-29(18-33(25)42-32)35(26-8-9-26)36(5,21-39)22-40/h7,10-11,13,15-19,21,23-24,26,32,35,40H,8-9,12,14,20,22H2,1-6H3/t32?,35-,36+/m0/s1. The van der Waals surface area contributed by atoms with Gasteiger partial charge < -0.3 is 19.4 Å². The molecule has 2 aliphatic rings. The Morgan fingerprint density at radius 3 is 2.48 bits per heavy atom. The number of methoxy groups -OCH3 is 1. The van der Waals surface area contributed by atoms with Crippen molar-refractivity contribution in [3.63, 3.8) is 0 Å². The molecule has 6 nitrogen and oxygen atoms in total. The molecule has 0 saturated heterocycles. The van der Waals surface area contributed by atoms with Gasteiger partial charge in [-0.05, 0) is 105 Å². The molecule has 42 heavy (non-hydrogen) atoms. The Hall–Kier alpha value is -3.22. The van der Waals surface area contributed by atoms with E-state index in [-0.39, 0.29) is 18.6 Å². The lowest BCUT2D eigenvalue weighted by atomic mass is 9.72. The van der Waals surface area contributed by atoms with Crippen molar-refractivity contribution in [2.24, 2.45) is 11.3 Å². The van der Waals surface area contributed by atoms with Gasteiger partial charge in [0, 0.05) is 36.8 Å². The molecule has 1 fully saturated rings. The van der Waals surface area contributed by atoms with Gasteiger partial charge in [0.25, 0.3) is 0 Å². The minimum Gasteiger partial charge on any atom is -0.485 e. The summed E-state index contributed by atoms with van der Waals surface area (Å²) in [6, 6.07) is 18.0. The van der Waals surface area contributed by atoms with Crippen LogP contribution in [0.15, 0.2) is 54.7 Å². The summed E-state index contributed by atoms with van der Waals surface area (Å²) in [5, 5.41) is 10.1. The maximum atomic E-state index is 12.1. The smallest absolute Gasteiger partial charge is 0.213 e. The normalized spacial score (nSPS) is 18.9. The highest BCUT2D eigenvalue weighted by atomic mass is 16.5. The first kappa shape index (κ1) is 30.2. The summed E-state index contributed by atoms with van der Waals surface area (Å²) < 4.78 is 12.2. The zero-order valence-electron chi connectivity index (χ0n) is 26.0. The number of aliphatic hydroxyl groups is 1. The molecule has 0 radical (unpaired) electrons. The van der Waals surface area contributed by atoms with Crippen molar-refractivity contribution in [2.45, 2.75) is 91.0 Å². The van der Waals surface area contributed by atoms with Crippen LogP contribution in [0.25, 0.3) is 11.1 Å². The zero-order chi connectivity index (χ0) is 30.0. The molecule has 5 rings (SSSR count). The number of carbonyl (C=O) groups is 1. The van der Waals surface area contributed by atoms with E-state index in [2.05, 4.69) is 74.0 Å². The van der Waals surface area contributed by atoms with E-state index in [0.29, 0.717) is 23.9 Å². The number of aldehydes is 1. The molecule has 2 heterocycles. The SMILES string of the molecule is COc1cc(-c2ccc(C3CCc4ccc([C@H](C5CC5)[C@](C)(C=O)CO)cc4O3)cc2CN(C(C)C)C(C)C)ccn1. The van der Waals surface area contributed by atoms with Gasteiger partial charge in [-0.1, -0.05) is 37.3 Å². The van der Waals surface area contributed by atoms with E-state index in [1.165, 1.54) is 22.3 Å². The van der Waals surface area contributed by atoms with Crippen molar-refractivity contribution in [1.82, 2.24) is 9.88 Å². The molecule has 2 aromatic carbocycles. The van der Waals surface area contributed by atoms with Crippen molar-refractivity contribution in [2.75, 3.05) is 13.7 Å². The lowest BCUT2D eigenvalue weighted by Crippen LogP contribution is -2.36. The first-order valence-electron chi connectivity index (χ1n) is 15.4. The van der Waals surface area contributed by atoms with Crippen LogP contribution in [0, 0.1) is 11.3 Å². The van der Waals surface area contributed by atoms with Gasteiger partial charge in [0.15, 0.2) is 0 Å². The molecule has 1 unspecified atom stereocenters. The predicted molar refractivity (Wildman–Crippen MR) is 167 cm³/mol. The van der Waals surface area contributed by atoms with Crippen LogP contribution < -0.4 is 9.47 Å². The van der Waals surface area contributed by atoms with Gasteiger partial charge in [-0.3, -0.25) is 4.90 Å². The number of pyridine rings is 1. The maximum absolute atomic E-state index is 12.1. The fourth-order valence-electron chi connectivity index (χ4n) is 6.72. The van der Waals surface area contributed by atoms with Crippen LogP contribution in [0.2, 0.25) is 0 Å². The lowest BCUT2D eigenvalue weighted by molar-refractivity contribution is -0.119. The number of nitrogens with zero attached hydrogens (tertiary/aromatic N) is 2. The Kier molecular flexibility index (Phi) is 9.05. The molecule has 1 N–H and O–H groups in total. The molecule has 1 aliphatic heterocycles. The van der Waals surface area contributed by atoms with Gasteiger partial charge in [-0.15, -0.1) is 0 Å². The van der Waals surface area contributed by atoms with Gasteiger partial charge in [-0.2, -0.15) is 0 Å². The molecule has 1 aliphatic carbocycles. The lowest BCUT2D eigenvalue weighted by Gasteiger charge is -2.34. The molecular formula is C36H46N2O4. The van der Waals surface area contributed by atoms with Crippen LogP contribution in [0.3, 0.4) is 0 Å². The summed E-state index contributed by atoms with van der Waals surface area (Å²) in [6.07, 6.45) is 6.71. The summed E-state index contributed by atoms with van der Waals surface area (Å²) in [5.41, 5.74) is 6.19. The van der Waals surface area contributed by atoms with E-state index in [1.54, 1.807) is 13.3 Å². The second-order valence-corrected chi connectivity index (χ2v) is 13.0. The molecule has 3 atom stereocenters. The summed E-state index contributed by atoms with van der Waals surface area (Å²) in [6.45, 7) is 11.5. The Bertz CT molecular complexity index is 1390. The van der Waals surface area contributed by atoms with Crippen LogP contribution >= 0.6 is 0 Å². The fraction of sp³-hybridized carbons (Fsp3) is 0.500. The molecule has 3 aromatic rings. The van der Waals surface area contributed by atoms with E-state index in [0.717, 1.165) is 55.4 Å². The number of aliphatic hydroxyl groups excluding tert-OH is 1. The number of ether oxygens (including phenoxy) is 2. The van der Waals surface area contributed by atoms with Gasteiger partial charge in [0.05, 0.1) is 19.1 Å². The molecular weight excluding hydrogens is 524 g/mol. The number of hydrogen-bond donors (Lipinski definition) is 1.